The van der Waals surface area contributed by atoms with Gasteiger partial charge in [-0.2, -0.15) is 0 Å². The van der Waals surface area contributed by atoms with Crippen molar-refractivity contribution in [2.75, 3.05) is 0 Å². The van der Waals surface area contributed by atoms with Crippen LogP contribution in [0.2, 0.25) is 0 Å². The molecule has 1 aliphatic heterocycles. The Hall–Kier alpha value is -5.32. The smallest absolute Gasteiger partial charge is 0.160 e. The lowest BCUT2D eigenvalue weighted by molar-refractivity contribution is 0.829. The highest BCUT2D eigenvalue weighted by Gasteiger charge is 2.35. The summed E-state index contributed by atoms with van der Waals surface area (Å²) in [4.78, 5) is 16.7. The van der Waals surface area contributed by atoms with E-state index >= 15 is 0 Å². The van der Waals surface area contributed by atoms with Gasteiger partial charge in [0.25, 0.3) is 0 Å². The van der Waals surface area contributed by atoms with Crippen molar-refractivity contribution in [3.05, 3.63) is 157 Å². The maximum atomic E-state index is 5.21. The van der Waals surface area contributed by atoms with Gasteiger partial charge in [0.2, 0.25) is 0 Å². The Morgan fingerprint density at radius 3 is 1.96 bits per heavy atom. The van der Waals surface area contributed by atoms with Gasteiger partial charge in [0.05, 0.1) is 27.5 Å². The van der Waals surface area contributed by atoms with Crippen LogP contribution in [0.3, 0.4) is 0 Å². The molecule has 212 valence electrons. The molecular weight excluding hydrogens is 567 g/mol. The number of para-hydroxylation sites is 1. The predicted octanol–water partition coefficient (Wildman–Crippen LogP) is 10.5. The van der Waals surface area contributed by atoms with E-state index in [0.717, 1.165) is 61.4 Å². The third-order valence-electron chi connectivity index (χ3n) is 8.82. The lowest BCUT2D eigenvalue weighted by atomic mass is 9.92. The summed E-state index contributed by atoms with van der Waals surface area (Å²) in [5.41, 5.74) is 9.74. The first-order chi connectivity index (χ1) is 22.3. The average Bonchev–Trinajstić information content (AvgIpc) is 3.50. The van der Waals surface area contributed by atoms with Crippen molar-refractivity contribution >= 4 is 33.4 Å². The maximum Gasteiger partial charge on any atom is 0.160 e. The minimum absolute atomic E-state index is 0.259. The molecule has 1 aliphatic carbocycles. The summed E-state index contributed by atoms with van der Waals surface area (Å²) in [6, 6.07) is 44.7. The number of rotatable bonds is 4. The van der Waals surface area contributed by atoms with E-state index in [1.54, 1.807) is 0 Å². The van der Waals surface area contributed by atoms with Crippen LogP contribution in [0.1, 0.15) is 11.6 Å². The standard InChI is InChI=1S/C41H27N3S/c1-3-12-27(13-4-1)37-33-19-11-18-30(36(33)31-16-7-9-20-34(31)42-37)26-22-24-29(25-23-26)41-43-38(28-14-5-2-6-15-28)40-39(44-41)32-17-8-10-21-35(32)45-40/h1-25,32,35H. The van der Waals surface area contributed by atoms with Gasteiger partial charge >= 0.3 is 0 Å². The summed E-state index contributed by atoms with van der Waals surface area (Å²) >= 11 is 1.88. The molecule has 2 unspecified atom stereocenters. The summed E-state index contributed by atoms with van der Waals surface area (Å²) in [6.07, 6.45) is 8.85. The largest absolute Gasteiger partial charge is 0.247 e. The fourth-order valence-corrected chi connectivity index (χ4v) is 8.06. The molecule has 45 heavy (non-hydrogen) atoms. The zero-order chi connectivity index (χ0) is 29.7. The number of thioether (sulfide) groups is 1. The highest BCUT2D eigenvalue weighted by atomic mass is 32.2. The second kappa shape index (κ2) is 10.7. The second-order valence-electron chi connectivity index (χ2n) is 11.5. The molecule has 0 N–H and O–H groups in total. The molecular formula is C41H27N3S. The van der Waals surface area contributed by atoms with Crippen molar-refractivity contribution in [3.63, 3.8) is 0 Å². The quantitative estimate of drug-likeness (QED) is 0.190. The van der Waals surface area contributed by atoms with E-state index in [1.165, 1.54) is 15.8 Å². The topological polar surface area (TPSA) is 38.7 Å². The molecule has 0 spiro atoms. The van der Waals surface area contributed by atoms with Crippen LogP contribution in [0.4, 0.5) is 0 Å². The summed E-state index contributed by atoms with van der Waals surface area (Å²) in [6.45, 7) is 0. The van der Waals surface area contributed by atoms with Crippen LogP contribution in [0, 0.1) is 0 Å². The molecule has 0 amide bonds. The van der Waals surface area contributed by atoms with Crippen LogP contribution in [0.15, 0.2) is 157 Å². The Morgan fingerprint density at radius 1 is 0.489 bits per heavy atom. The van der Waals surface area contributed by atoms with Gasteiger partial charge in [0.15, 0.2) is 5.82 Å². The van der Waals surface area contributed by atoms with Gasteiger partial charge in [-0.15, -0.1) is 11.8 Å². The zero-order valence-electron chi connectivity index (χ0n) is 24.3. The first-order valence-electron chi connectivity index (χ1n) is 15.3. The lowest BCUT2D eigenvalue weighted by Crippen LogP contribution is -2.09. The first kappa shape index (κ1) is 26.1. The van der Waals surface area contributed by atoms with Crippen LogP contribution in [0.5, 0.6) is 0 Å². The molecule has 2 aromatic heterocycles. The third-order valence-corrected chi connectivity index (χ3v) is 10.2. The van der Waals surface area contributed by atoms with Gasteiger partial charge in [0, 0.05) is 44.0 Å². The van der Waals surface area contributed by atoms with Crippen LogP contribution < -0.4 is 0 Å². The molecule has 3 nitrogen and oxygen atoms in total. The number of nitrogens with zero attached hydrogens (tertiary/aromatic N) is 3. The second-order valence-corrected chi connectivity index (χ2v) is 12.7. The molecule has 0 radical (unpaired) electrons. The fourth-order valence-electron chi connectivity index (χ4n) is 6.67. The number of aromatic nitrogens is 3. The molecule has 9 rings (SSSR count). The number of hydrogen-bond acceptors (Lipinski definition) is 4. The van der Waals surface area contributed by atoms with E-state index in [2.05, 4.69) is 146 Å². The van der Waals surface area contributed by atoms with Gasteiger partial charge in [-0.05, 0) is 17.2 Å². The molecule has 2 atom stereocenters. The van der Waals surface area contributed by atoms with E-state index in [4.69, 9.17) is 15.0 Å². The summed E-state index contributed by atoms with van der Waals surface area (Å²) in [5.74, 6) is 1.03. The fraction of sp³-hybridized carbons (Fsp3) is 0.0488. The van der Waals surface area contributed by atoms with E-state index in [-0.39, 0.29) is 5.92 Å². The van der Waals surface area contributed by atoms with Crippen LogP contribution >= 0.6 is 11.8 Å². The van der Waals surface area contributed by atoms with Crippen LogP contribution in [-0.4, -0.2) is 20.2 Å². The van der Waals surface area contributed by atoms with Gasteiger partial charge in [0.1, 0.15) is 0 Å². The normalized spacial score (nSPS) is 16.6. The molecule has 2 aliphatic rings. The molecule has 3 heterocycles. The van der Waals surface area contributed by atoms with Gasteiger partial charge < -0.3 is 0 Å². The van der Waals surface area contributed by atoms with E-state index in [0.29, 0.717) is 5.25 Å². The van der Waals surface area contributed by atoms with Gasteiger partial charge in [-0.1, -0.05) is 146 Å². The van der Waals surface area contributed by atoms with Gasteiger partial charge in [-0.3, -0.25) is 0 Å². The third kappa shape index (κ3) is 4.41. The van der Waals surface area contributed by atoms with E-state index < -0.39 is 0 Å². The minimum atomic E-state index is 0.259. The molecule has 0 fully saturated rings. The molecule has 4 heteroatoms. The Kier molecular flexibility index (Phi) is 6.20. The number of allylic oxidation sites excluding steroid dienone is 3. The van der Waals surface area contributed by atoms with E-state index in [9.17, 15) is 0 Å². The monoisotopic (exact) mass is 593 g/mol. The molecule has 5 aromatic carbocycles. The van der Waals surface area contributed by atoms with Crippen molar-refractivity contribution in [1.82, 2.24) is 15.0 Å². The zero-order valence-corrected chi connectivity index (χ0v) is 25.2. The summed E-state index contributed by atoms with van der Waals surface area (Å²) in [7, 11) is 0. The minimum Gasteiger partial charge on any atom is -0.247 e. The number of hydrogen-bond donors (Lipinski definition) is 0. The number of pyridine rings is 1. The SMILES string of the molecule is C1=CC2Sc3c(-c4ccccc4)nc(-c4ccc(-c5cccc6c(-c7ccccc7)nc7ccccc7c56)cc4)nc3C2C=C1. The van der Waals surface area contributed by atoms with Crippen LogP contribution in [0.25, 0.3) is 66.7 Å². The molecule has 0 saturated carbocycles. The average molecular weight is 594 g/mol. The molecule has 7 aromatic rings. The van der Waals surface area contributed by atoms with Gasteiger partial charge in [-0.25, -0.2) is 15.0 Å². The summed E-state index contributed by atoms with van der Waals surface area (Å²) < 4.78 is 0. The van der Waals surface area contributed by atoms with Crippen molar-refractivity contribution < 1.29 is 0 Å². The molecule has 0 saturated heterocycles. The number of benzene rings is 5. The lowest BCUT2D eigenvalue weighted by Gasteiger charge is -2.15. The Bertz CT molecular complexity index is 2290. The highest BCUT2D eigenvalue weighted by molar-refractivity contribution is 8.00. The Labute approximate surface area is 266 Å². The van der Waals surface area contributed by atoms with Crippen molar-refractivity contribution in [3.8, 4) is 45.0 Å². The van der Waals surface area contributed by atoms with E-state index in [1.807, 2.05) is 17.8 Å². The first-order valence-corrected chi connectivity index (χ1v) is 16.2. The number of fused-ring (bicyclic) bond motifs is 6. The predicted molar refractivity (Wildman–Crippen MR) is 187 cm³/mol. The van der Waals surface area contributed by atoms with Crippen molar-refractivity contribution in [2.24, 2.45) is 0 Å². The Morgan fingerprint density at radius 2 is 1.16 bits per heavy atom. The maximum absolute atomic E-state index is 5.21. The Balaban J connectivity index is 1.19. The van der Waals surface area contributed by atoms with Crippen molar-refractivity contribution in [1.29, 1.82) is 0 Å². The van der Waals surface area contributed by atoms with Crippen LogP contribution in [-0.2, 0) is 0 Å². The highest BCUT2D eigenvalue weighted by Crippen LogP contribution is 2.51. The summed E-state index contributed by atoms with van der Waals surface area (Å²) in [5, 5.41) is 3.88. The van der Waals surface area contributed by atoms with Crippen molar-refractivity contribution in [2.45, 2.75) is 16.1 Å². The molecule has 0 bridgehead atoms.